The Morgan fingerprint density at radius 1 is 1.38 bits per heavy atom. The van der Waals surface area contributed by atoms with Gasteiger partial charge in [0.2, 0.25) is 0 Å². The van der Waals surface area contributed by atoms with Gasteiger partial charge in [0, 0.05) is 12.4 Å². The number of nitrogens with one attached hydrogen (secondary N) is 1. The molecule has 0 saturated carbocycles. The SMILES string of the molecule is CCC(C)c1ccc([N+](=NC(=O)NCCCl)C(N)=O)cc1. The maximum Gasteiger partial charge on any atom is 0.515 e. The van der Waals surface area contributed by atoms with Crippen LogP contribution in [0.15, 0.2) is 29.4 Å². The number of rotatable bonds is 5. The summed E-state index contributed by atoms with van der Waals surface area (Å²) >= 11 is 5.46. The van der Waals surface area contributed by atoms with Crippen molar-refractivity contribution in [2.75, 3.05) is 12.4 Å². The molecule has 0 radical (unpaired) electrons. The highest BCUT2D eigenvalue weighted by atomic mass is 35.5. The van der Waals surface area contributed by atoms with Crippen LogP contribution in [0.1, 0.15) is 31.7 Å². The molecule has 1 aromatic rings. The summed E-state index contributed by atoms with van der Waals surface area (Å²) in [5.41, 5.74) is 6.85. The van der Waals surface area contributed by atoms with Crippen LogP contribution in [0.25, 0.3) is 0 Å². The zero-order chi connectivity index (χ0) is 15.8. The zero-order valence-corrected chi connectivity index (χ0v) is 12.9. The van der Waals surface area contributed by atoms with E-state index in [2.05, 4.69) is 24.3 Å². The highest BCUT2D eigenvalue weighted by molar-refractivity contribution is 6.18. The first-order valence-corrected chi connectivity index (χ1v) is 7.28. The Kier molecular flexibility index (Phi) is 6.81. The number of amides is 4. The molecule has 6 nitrogen and oxygen atoms in total. The Hall–Kier alpha value is -1.95. The minimum Gasteiger partial charge on any atom is -0.332 e. The van der Waals surface area contributed by atoms with Crippen molar-refractivity contribution < 1.29 is 14.3 Å². The van der Waals surface area contributed by atoms with Crippen molar-refractivity contribution in [3.63, 3.8) is 0 Å². The molecule has 0 bridgehead atoms. The van der Waals surface area contributed by atoms with Gasteiger partial charge in [-0.1, -0.05) is 30.7 Å². The van der Waals surface area contributed by atoms with Gasteiger partial charge in [-0.3, -0.25) is 0 Å². The van der Waals surface area contributed by atoms with Gasteiger partial charge in [0.25, 0.3) is 0 Å². The van der Waals surface area contributed by atoms with Crippen molar-refractivity contribution >= 4 is 29.4 Å². The molecule has 1 unspecified atom stereocenters. The van der Waals surface area contributed by atoms with Crippen LogP contribution < -0.4 is 11.1 Å². The van der Waals surface area contributed by atoms with E-state index in [1.165, 1.54) is 0 Å². The molecule has 0 heterocycles. The van der Waals surface area contributed by atoms with E-state index in [1.807, 2.05) is 12.1 Å². The zero-order valence-electron chi connectivity index (χ0n) is 12.2. The molecule has 1 atom stereocenters. The number of carbonyl (C=O) groups excluding carboxylic acids is 2. The minimum atomic E-state index is -0.827. The van der Waals surface area contributed by atoms with E-state index in [-0.39, 0.29) is 12.4 Å². The van der Waals surface area contributed by atoms with Crippen LogP contribution in [-0.4, -0.2) is 29.2 Å². The van der Waals surface area contributed by atoms with Gasteiger partial charge in [-0.15, -0.1) is 11.6 Å². The third-order valence-corrected chi connectivity index (χ3v) is 3.28. The molecule has 3 N–H and O–H groups in total. The molecule has 0 saturated heterocycles. The summed E-state index contributed by atoms with van der Waals surface area (Å²) in [7, 11) is 0. The number of benzene rings is 1. The number of nitrogens with zero attached hydrogens (tertiary/aromatic N) is 2. The summed E-state index contributed by atoms with van der Waals surface area (Å²) in [5.74, 6) is 0.687. The van der Waals surface area contributed by atoms with Crippen molar-refractivity contribution in [3.8, 4) is 0 Å². The number of azo groups is 2. The lowest BCUT2D eigenvalue weighted by Crippen LogP contribution is -2.28. The predicted octanol–water partition coefficient (Wildman–Crippen LogP) is 3.32. The van der Waals surface area contributed by atoms with Crippen LogP contribution in [0.5, 0.6) is 0 Å². The summed E-state index contributed by atoms with van der Waals surface area (Å²) in [6, 6.07) is 5.72. The van der Waals surface area contributed by atoms with Gasteiger partial charge < -0.3 is 5.32 Å². The van der Waals surface area contributed by atoms with Crippen molar-refractivity contribution in [1.82, 2.24) is 5.32 Å². The maximum absolute atomic E-state index is 11.5. The van der Waals surface area contributed by atoms with Crippen molar-refractivity contribution in [2.45, 2.75) is 26.2 Å². The molecule has 0 aliphatic carbocycles. The second-order valence-corrected chi connectivity index (χ2v) is 4.95. The number of nitrogens with two attached hydrogens (primary N) is 1. The molecule has 21 heavy (non-hydrogen) atoms. The fourth-order valence-electron chi connectivity index (χ4n) is 1.69. The Bertz CT molecular complexity index is 528. The maximum atomic E-state index is 11.5. The third-order valence-electron chi connectivity index (χ3n) is 3.09. The average Bonchev–Trinajstić information content (AvgIpc) is 2.49. The number of urea groups is 2. The summed E-state index contributed by atoms with van der Waals surface area (Å²) in [6.07, 6.45) is 1.02. The molecule has 0 spiro atoms. The molecule has 1 aromatic carbocycles. The van der Waals surface area contributed by atoms with Crippen molar-refractivity contribution in [1.29, 1.82) is 0 Å². The number of carbonyl (C=O) groups is 2. The first-order chi connectivity index (χ1) is 9.99. The molecule has 0 fully saturated rings. The lowest BCUT2D eigenvalue weighted by Gasteiger charge is -2.08. The second kappa shape index (κ2) is 8.36. The van der Waals surface area contributed by atoms with Crippen LogP contribution in [0, 0.1) is 0 Å². The number of primary amides is 1. The average molecular weight is 312 g/mol. The molecule has 0 aliphatic heterocycles. The smallest absolute Gasteiger partial charge is 0.332 e. The summed E-state index contributed by atoms with van der Waals surface area (Å²) < 4.78 is 0.865. The molecular formula is C14H20ClN4O2+. The molecule has 7 heteroatoms. The van der Waals surface area contributed by atoms with E-state index in [0.717, 1.165) is 16.7 Å². The van der Waals surface area contributed by atoms with Crippen molar-refractivity contribution in [2.24, 2.45) is 10.8 Å². The second-order valence-electron chi connectivity index (χ2n) is 4.57. The van der Waals surface area contributed by atoms with Gasteiger partial charge in [0.05, 0.1) is 0 Å². The van der Waals surface area contributed by atoms with Crippen LogP contribution in [-0.2, 0) is 0 Å². The molecular weight excluding hydrogens is 292 g/mol. The third kappa shape index (κ3) is 5.15. The van der Waals surface area contributed by atoms with Gasteiger partial charge in [0.15, 0.2) is 5.69 Å². The Morgan fingerprint density at radius 3 is 2.48 bits per heavy atom. The lowest BCUT2D eigenvalue weighted by molar-refractivity contribution is -0.402. The van der Waals surface area contributed by atoms with Crippen LogP contribution in [0.3, 0.4) is 0 Å². The minimum absolute atomic E-state index is 0.265. The van der Waals surface area contributed by atoms with Gasteiger partial charge >= 0.3 is 12.1 Å². The predicted molar refractivity (Wildman–Crippen MR) is 81.2 cm³/mol. The molecule has 4 amide bonds. The molecule has 0 aliphatic rings. The first-order valence-electron chi connectivity index (χ1n) is 6.74. The Labute approximate surface area is 129 Å². The van der Waals surface area contributed by atoms with E-state index >= 15 is 0 Å². The van der Waals surface area contributed by atoms with Crippen LogP contribution >= 0.6 is 11.6 Å². The largest absolute Gasteiger partial charge is 0.515 e. The fraction of sp³-hybridized carbons (Fsp3) is 0.429. The van der Waals surface area contributed by atoms with E-state index in [9.17, 15) is 9.59 Å². The lowest BCUT2D eigenvalue weighted by atomic mass is 9.99. The highest BCUT2D eigenvalue weighted by Crippen LogP contribution is 2.21. The monoisotopic (exact) mass is 311 g/mol. The van der Waals surface area contributed by atoms with Gasteiger partial charge in [-0.25, -0.2) is 10.5 Å². The van der Waals surface area contributed by atoms with Gasteiger partial charge in [-0.05, 0) is 35.1 Å². The van der Waals surface area contributed by atoms with Gasteiger partial charge in [-0.2, -0.15) is 4.79 Å². The van der Waals surface area contributed by atoms with Crippen LogP contribution in [0.4, 0.5) is 15.3 Å². The topological polar surface area (TPSA) is 87.6 Å². The first kappa shape index (κ1) is 17.1. The molecule has 1 rings (SSSR count). The van der Waals surface area contributed by atoms with E-state index < -0.39 is 12.1 Å². The van der Waals surface area contributed by atoms with E-state index in [1.54, 1.807) is 12.1 Å². The normalized spacial score (nSPS) is 12.8. The quantitative estimate of drug-likeness (QED) is 0.496. The fourth-order valence-corrected chi connectivity index (χ4v) is 1.79. The van der Waals surface area contributed by atoms with Crippen LogP contribution in [0.2, 0.25) is 0 Å². The van der Waals surface area contributed by atoms with Crippen molar-refractivity contribution in [3.05, 3.63) is 29.8 Å². The number of hydrogen-bond acceptors (Lipinski definition) is 2. The molecule has 114 valence electrons. The summed E-state index contributed by atoms with van der Waals surface area (Å²) in [4.78, 5) is 23.0. The standard InChI is InChI=1S/C14H19ClN4O2/c1-3-10(2)11-4-6-12(7-5-11)19(13(16)20)18-14(21)17-9-8-15/h4-7,10H,3,8-9H2,1-2H3,(H2-,16,17,20,21)/p+1. The Morgan fingerprint density at radius 2 is 2.00 bits per heavy atom. The highest BCUT2D eigenvalue weighted by Gasteiger charge is 2.18. The summed E-state index contributed by atoms with van der Waals surface area (Å²) in [5, 5.41) is 6.07. The van der Waals surface area contributed by atoms with E-state index in [0.29, 0.717) is 11.6 Å². The summed E-state index contributed by atoms with van der Waals surface area (Å²) in [6.45, 7) is 4.49. The number of hydrogen-bond donors (Lipinski definition) is 2. The molecule has 0 aromatic heterocycles. The number of alkyl halides is 1. The van der Waals surface area contributed by atoms with E-state index in [4.69, 9.17) is 17.3 Å². The van der Waals surface area contributed by atoms with Gasteiger partial charge in [0.1, 0.15) is 0 Å². The Balaban J connectivity index is 2.98. The number of halogens is 1.